The van der Waals surface area contributed by atoms with Gasteiger partial charge >= 0.3 is 0 Å². The summed E-state index contributed by atoms with van der Waals surface area (Å²) < 4.78 is 12.2. The third-order valence-electron chi connectivity index (χ3n) is 4.92. The van der Waals surface area contributed by atoms with Crippen LogP contribution in [0, 0.1) is 0 Å². The van der Waals surface area contributed by atoms with E-state index >= 15 is 0 Å². The Morgan fingerprint density at radius 2 is 1.97 bits per heavy atom. The molecule has 3 heterocycles. The van der Waals surface area contributed by atoms with Crippen molar-refractivity contribution in [3.63, 3.8) is 0 Å². The van der Waals surface area contributed by atoms with Crippen LogP contribution in [-0.2, 0) is 17.9 Å². The number of nitrogens with zero attached hydrogens (tertiary/aromatic N) is 7. The number of methoxy groups -OCH3 is 1. The van der Waals surface area contributed by atoms with Crippen molar-refractivity contribution in [2.24, 2.45) is 0 Å². The smallest absolute Gasteiger partial charge is 0.241 e. The van der Waals surface area contributed by atoms with Gasteiger partial charge in [0.05, 0.1) is 20.2 Å². The minimum absolute atomic E-state index is 0.139. The van der Waals surface area contributed by atoms with Crippen LogP contribution in [0.2, 0.25) is 0 Å². The topological polar surface area (TPSA) is 102 Å². The molecule has 10 nitrogen and oxygen atoms in total. The molecule has 0 N–H and O–H groups in total. The highest BCUT2D eigenvalue weighted by Crippen LogP contribution is 2.20. The van der Waals surface area contributed by atoms with Gasteiger partial charge in [-0.2, -0.15) is 10.1 Å². The summed E-state index contributed by atoms with van der Waals surface area (Å²) in [6.07, 6.45) is 3.52. The van der Waals surface area contributed by atoms with Gasteiger partial charge < -0.3 is 14.2 Å². The molecule has 0 atom stereocenters. The van der Waals surface area contributed by atoms with E-state index in [-0.39, 0.29) is 5.91 Å². The van der Waals surface area contributed by atoms with Gasteiger partial charge in [-0.1, -0.05) is 5.16 Å². The lowest BCUT2D eigenvalue weighted by Crippen LogP contribution is -2.48. The molecule has 0 saturated carbocycles. The third kappa shape index (κ3) is 4.77. The second-order valence-corrected chi connectivity index (χ2v) is 6.81. The molecule has 0 unspecified atom stereocenters. The highest BCUT2D eigenvalue weighted by atomic mass is 16.5. The summed E-state index contributed by atoms with van der Waals surface area (Å²) in [6, 6.07) is 7.53. The van der Waals surface area contributed by atoms with Crippen molar-refractivity contribution in [3.05, 3.63) is 42.8 Å². The fourth-order valence-corrected chi connectivity index (χ4v) is 3.24. The number of piperazine rings is 1. The van der Waals surface area contributed by atoms with Crippen molar-refractivity contribution in [2.75, 3.05) is 33.3 Å². The van der Waals surface area contributed by atoms with Crippen LogP contribution in [0.3, 0.4) is 0 Å². The normalized spacial score (nSPS) is 14.9. The van der Waals surface area contributed by atoms with Gasteiger partial charge in [-0.25, -0.2) is 4.98 Å². The summed E-state index contributed by atoms with van der Waals surface area (Å²) in [6.45, 7) is 4.05. The summed E-state index contributed by atoms with van der Waals surface area (Å²) in [5.41, 5.74) is 0.878. The van der Waals surface area contributed by atoms with Crippen LogP contribution in [0.25, 0.3) is 11.4 Å². The van der Waals surface area contributed by atoms with Gasteiger partial charge in [0.2, 0.25) is 17.6 Å². The molecular weight excluding hydrogens is 374 g/mol. The van der Waals surface area contributed by atoms with Crippen LogP contribution in [0.15, 0.2) is 41.4 Å². The van der Waals surface area contributed by atoms with Crippen LogP contribution >= 0.6 is 0 Å². The lowest BCUT2D eigenvalue weighted by molar-refractivity contribution is -0.133. The first-order valence-corrected chi connectivity index (χ1v) is 9.51. The molecule has 10 heteroatoms. The van der Waals surface area contributed by atoms with Gasteiger partial charge in [-0.05, 0) is 24.3 Å². The maximum atomic E-state index is 12.4. The van der Waals surface area contributed by atoms with E-state index in [4.69, 9.17) is 9.26 Å². The molecule has 0 aliphatic carbocycles. The quantitative estimate of drug-likeness (QED) is 0.583. The zero-order valence-corrected chi connectivity index (χ0v) is 16.3. The number of hydrogen-bond acceptors (Lipinski definition) is 8. The van der Waals surface area contributed by atoms with Crippen LogP contribution in [0.1, 0.15) is 12.3 Å². The van der Waals surface area contributed by atoms with Gasteiger partial charge in [0.1, 0.15) is 18.4 Å². The fraction of sp³-hybridized carbons (Fsp3) is 0.421. The third-order valence-corrected chi connectivity index (χ3v) is 4.92. The highest BCUT2D eigenvalue weighted by molar-refractivity contribution is 5.76. The summed E-state index contributed by atoms with van der Waals surface area (Å²) in [5, 5.41) is 8.09. The van der Waals surface area contributed by atoms with E-state index in [2.05, 4.69) is 25.1 Å². The molecule has 1 fully saturated rings. The van der Waals surface area contributed by atoms with Crippen molar-refractivity contribution in [1.29, 1.82) is 0 Å². The van der Waals surface area contributed by atoms with Crippen molar-refractivity contribution in [1.82, 2.24) is 34.7 Å². The molecule has 4 rings (SSSR count). The van der Waals surface area contributed by atoms with E-state index in [0.29, 0.717) is 44.3 Å². The summed E-state index contributed by atoms with van der Waals surface area (Å²) in [4.78, 5) is 24.8. The number of ether oxygens (including phenoxy) is 1. The van der Waals surface area contributed by atoms with E-state index in [9.17, 15) is 4.79 Å². The predicted octanol–water partition coefficient (Wildman–Crippen LogP) is 1.07. The van der Waals surface area contributed by atoms with Gasteiger partial charge in [-0.3, -0.25) is 14.4 Å². The predicted molar refractivity (Wildman–Crippen MR) is 103 cm³/mol. The Morgan fingerprint density at radius 1 is 1.17 bits per heavy atom. The lowest BCUT2D eigenvalue weighted by Gasteiger charge is -2.34. The highest BCUT2D eigenvalue weighted by Gasteiger charge is 2.22. The average molecular weight is 397 g/mol. The molecule has 0 radical (unpaired) electrons. The largest absolute Gasteiger partial charge is 0.497 e. The number of benzene rings is 1. The molecule has 1 saturated heterocycles. The molecule has 1 amide bonds. The molecule has 0 spiro atoms. The maximum Gasteiger partial charge on any atom is 0.241 e. The summed E-state index contributed by atoms with van der Waals surface area (Å²) in [5.74, 6) is 2.05. The van der Waals surface area contributed by atoms with Crippen LogP contribution in [-0.4, -0.2) is 73.9 Å². The standard InChI is InChI=1S/C19H23N7O3/c1-28-16-4-2-15(3-5-16)19-22-17(29-23-19)12-24-8-10-25(11-9-24)18(27)6-7-26-14-20-13-21-26/h2-5,13-14H,6-12H2,1H3. The first-order chi connectivity index (χ1) is 14.2. The number of carbonyl (C=O) groups is 1. The second-order valence-electron chi connectivity index (χ2n) is 6.81. The van der Waals surface area contributed by atoms with Gasteiger partial charge in [0.15, 0.2) is 0 Å². The molecule has 2 aromatic heterocycles. The Hall–Kier alpha value is -3.27. The number of aryl methyl sites for hydroxylation is 1. The van der Waals surface area contributed by atoms with Gasteiger partial charge in [0.25, 0.3) is 0 Å². The number of amides is 1. The fourth-order valence-electron chi connectivity index (χ4n) is 3.24. The van der Waals surface area contributed by atoms with Crippen LogP contribution in [0.5, 0.6) is 5.75 Å². The molecule has 29 heavy (non-hydrogen) atoms. The van der Waals surface area contributed by atoms with Crippen molar-refractivity contribution in [2.45, 2.75) is 19.5 Å². The van der Waals surface area contributed by atoms with Crippen LogP contribution < -0.4 is 4.74 Å². The lowest BCUT2D eigenvalue weighted by atomic mass is 10.2. The number of carbonyl (C=O) groups excluding carboxylic acids is 1. The zero-order chi connectivity index (χ0) is 20.1. The number of rotatable bonds is 7. The molecular formula is C19H23N7O3. The number of hydrogen-bond donors (Lipinski definition) is 0. The molecule has 1 aliphatic heterocycles. The van der Waals surface area contributed by atoms with Crippen molar-refractivity contribution >= 4 is 5.91 Å². The molecule has 1 aromatic carbocycles. The van der Waals surface area contributed by atoms with Crippen LogP contribution in [0.4, 0.5) is 0 Å². The van der Waals surface area contributed by atoms with Gasteiger partial charge in [-0.15, -0.1) is 0 Å². The van der Waals surface area contributed by atoms with Crippen molar-refractivity contribution < 1.29 is 14.1 Å². The molecule has 3 aromatic rings. The summed E-state index contributed by atoms with van der Waals surface area (Å²) >= 11 is 0. The Morgan fingerprint density at radius 3 is 2.66 bits per heavy atom. The van der Waals surface area contributed by atoms with E-state index in [1.807, 2.05) is 29.2 Å². The Balaban J connectivity index is 1.25. The van der Waals surface area contributed by atoms with E-state index in [1.54, 1.807) is 18.1 Å². The monoisotopic (exact) mass is 397 g/mol. The Labute approximate surface area is 168 Å². The molecule has 0 bridgehead atoms. The molecule has 1 aliphatic rings. The van der Waals surface area contributed by atoms with Crippen molar-refractivity contribution in [3.8, 4) is 17.1 Å². The first kappa shape index (κ1) is 19.1. The first-order valence-electron chi connectivity index (χ1n) is 9.51. The van der Waals surface area contributed by atoms with E-state index in [1.165, 1.54) is 6.33 Å². The Bertz CT molecular complexity index is 916. The van der Waals surface area contributed by atoms with E-state index in [0.717, 1.165) is 24.4 Å². The molecule has 152 valence electrons. The SMILES string of the molecule is COc1ccc(-c2noc(CN3CCN(C(=O)CCn4cncn4)CC3)n2)cc1. The summed E-state index contributed by atoms with van der Waals surface area (Å²) in [7, 11) is 1.63. The van der Waals surface area contributed by atoms with E-state index < -0.39 is 0 Å². The average Bonchev–Trinajstić information content (AvgIpc) is 3.45. The number of aromatic nitrogens is 5. The minimum Gasteiger partial charge on any atom is -0.497 e. The zero-order valence-electron chi connectivity index (χ0n) is 16.3. The maximum absolute atomic E-state index is 12.4. The van der Waals surface area contributed by atoms with Gasteiger partial charge in [0, 0.05) is 38.2 Å². The minimum atomic E-state index is 0.139. The Kier molecular flexibility index (Phi) is 5.80. The second kappa shape index (κ2) is 8.82.